The minimum Gasteiger partial charge on any atom is -0.459 e. The van der Waals surface area contributed by atoms with Gasteiger partial charge in [-0.15, -0.1) is 0 Å². The lowest BCUT2D eigenvalue weighted by Crippen LogP contribution is -3.06. The van der Waals surface area contributed by atoms with Gasteiger partial charge in [-0.05, 0) is 43.2 Å². The molecule has 3 aromatic rings. The van der Waals surface area contributed by atoms with Gasteiger partial charge in [0.1, 0.15) is 0 Å². The summed E-state index contributed by atoms with van der Waals surface area (Å²) in [7, 11) is 4.14. The number of anilines is 1. The van der Waals surface area contributed by atoms with Gasteiger partial charge in [0.2, 0.25) is 0 Å². The predicted molar refractivity (Wildman–Crippen MR) is 97.2 cm³/mol. The molecule has 0 aliphatic carbocycles. The molecule has 0 unspecified atom stereocenters. The van der Waals surface area contributed by atoms with Crippen LogP contribution in [0.25, 0.3) is 10.2 Å². The molecule has 2 heterocycles. The van der Waals surface area contributed by atoms with Crippen molar-refractivity contribution in [1.29, 1.82) is 0 Å². The highest BCUT2D eigenvalue weighted by atomic mass is 32.1. The molecule has 0 aliphatic rings. The normalized spacial score (nSPS) is 11.4. The third-order valence-electron chi connectivity index (χ3n) is 3.85. The SMILES string of the molecule is Cc1cc(C)c2sc(N(CC[NH+](C)C)C(=O)c3ccco3)nc2c1. The number of quaternary nitrogens is 1. The number of hydrogen-bond acceptors (Lipinski definition) is 4. The number of amides is 1. The first-order valence-electron chi connectivity index (χ1n) is 7.98. The van der Waals surface area contributed by atoms with E-state index in [-0.39, 0.29) is 5.91 Å². The maximum atomic E-state index is 12.8. The summed E-state index contributed by atoms with van der Waals surface area (Å²) >= 11 is 1.56. The van der Waals surface area contributed by atoms with Crippen molar-refractivity contribution >= 4 is 32.6 Å². The van der Waals surface area contributed by atoms with Gasteiger partial charge in [0.15, 0.2) is 10.9 Å². The zero-order valence-electron chi connectivity index (χ0n) is 14.4. The molecule has 0 saturated heterocycles. The Bertz CT molecular complexity index is 853. The average Bonchev–Trinajstić information content (AvgIpc) is 3.16. The van der Waals surface area contributed by atoms with Crippen LogP contribution in [0, 0.1) is 13.8 Å². The van der Waals surface area contributed by atoms with Crippen LogP contribution in [-0.2, 0) is 0 Å². The predicted octanol–water partition coefficient (Wildman–Crippen LogP) is 2.30. The lowest BCUT2D eigenvalue weighted by atomic mass is 10.1. The number of rotatable bonds is 5. The molecule has 1 amide bonds. The van der Waals surface area contributed by atoms with Crippen LogP contribution in [0.3, 0.4) is 0 Å². The van der Waals surface area contributed by atoms with Crippen LogP contribution in [0.1, 0.15) is 21.7 Å². The number of thiazole rings is 1. The molecule has 0 bridgehead atoms. The zero-order valence-corrected chi connectivity index (χ0v) is 15.2. The number of carbonyl (C=O) groups is 1. The molecule has 2 aromatic heterocycles. The molecule has 0 spiro atoms. The first-order valence-corrected chi connectivity index (χ1v) is 8.79. The van der Waals surface area contributed by atoms with Crippen LogP contribution >= 0.6 is 11.3 Å². The minimum absolute atomic E-state index is 0.144. The smallest absolute Gasteiger partial charge is 0.295 e. The number of nitrogens with zero attached hydrogens (tertiary/aromatic N) is 2. The van der Waals surface area contributed by atoms with Gasteiger partial charge in [-0.1, -0.05) is 17.4 Å². The van der Waals surface area contributed by atoms with Gasteiger partial charge in [0, 0.05) is 0 Å². The monoisotopic (exact) mass is 344 g/mol. The van der Waals surface area contributed by atoms with E-state index in [2.05, 4.69) is 40.1 Å². The molecular weight excluding hydrogens is 322 g/mol. The van der Waals surface area contributed by atoms with Gasteiger partial charge in [0.25, 0.3) is 5.91 Å². The summed E-state index contributed by atoms with van der Waals surface area (Å²) in [5.74, 6) is 0.200. The third kappa shape index (κ3) is 3.34. The molecule has 0 radical (unpaired) electrons. The Hall–Kier alpha value is -2.18. The van der Waals surface area contributed by atoms with Crippen molar-refractivity contribution in [2.75, 3.05) is 32.1 Å². The van der Waals surface area contributed by atoms with Gasteiger partial charge in [-0.2, -0.15) is 0 Å². The van der Waals surface area contributed by atoms with Gasteiger partial charge < -0.3 is 9.32 Å². The van der Waals surface area contributed by atoms with Crippen LogP contribution in [0.2, 0.25) is 0 Å². The second kappa shape index (κ2) is 6.75. The van der Waals surface area contributed by atoms with Crippen LogP contribution in [0.15, 0.2) is 34.9 Å². The van der Waals surface area contributed by atoms with Crippen molar-refractivity contribution in [2.45, 2.75) is 13.8 Å². The van der Waals surface area contributed by atoms with E-state index in [1.807, 2.05) is 0 Å². The molecule has 126 valence electrons. The minimum atomic E-state index is -0.144. The summed E-state index contributed by atoms with van der Waals surface area (Å²) < 4.78 is 6.43. The fraction of sp³-hybridized carbons (Fsp3) is 0.333. The van der Waals surface area contributed by atoms with E-state index < -0.39 is 0 Å². The number of aryl methyl sites for hydroxylation is 2. The number of furan rings is 1. The van der Waals surface area contributed by atoms with E-state index >= 15 is 0 Å². The lowest BCUT2D eigenvalue weighted by molar-refractivity contribution is -0.856. The zero-order chi connectivity index (χ0) is 17.3. The number of aromatic nitrogens is 1. The second-order valence-corrected chi connectivity index (χ2v) is 7.30. The van der Waals surface area contributed by atoms with Gasteiger partial charge in [-0.25, -0.2) is 4.98 Å². The first-order chi connectivity index (χ1) is 11.5. The largest absolute Gasteiger partial charge is 0.459 e. The molecule has 0 fully saturated rings. The third-order valence-corrected chi connectivity index (χ3v) is 5.08. The Kier molecular flexibility index (Phi) is 4.69. The summed E-state index contributed by atoms with van der Waals surface area (Å²) in [4.78, 5) is 20.6. The number of benzene rings is 1. The van der Waals surface area contributed by atoms with Gasteiger partial charge in [-0.3, -0.25) is 9.69 Å². The molecule has 0 aliphatic heterocycles. The molecule has 6 heteroatoms. The fourth-order valence-electron chi connectivity index (χ4n) is 2.63. The summed E-state index contributed by atoms with van der Waals surface area (Å²) in [6.07, 6.45) is 1.52. The summed E-state index contributed by atoms with van der Waals surface area (Å²) in [5, 5.41) is 0.723. The number of nitrogens with one attached hydrogen (secondary N) is 1. The Morgan fingerprint density at radius 3 is 2.79 bits per heavy atom. The van der Waals surface area contributed by atoms with Crippen molar-refractivity contribution in [3.05, 3.63) is 47.4 Å². The molecule has 5 nitrogen and oxygen atoms in total. The van der Waals surface area contributed by atoms with E-state index in [4.69, 9.17) is 9.40 Å². The van der Waals surface area contributed by atoms with Gasteiger partial charge >= 0.3 is 0 Å². The van der Waals surface area contributed by atoms with Gasteiger partial charge in [0.05, 0.1) is 43.7 Å². The van der Waals surface area contributed by atoms with Crippen molar-refractivity contribution in [3.8, 4) is 0 Å². The molecule has 24 heavy (non-hydrogen) atoms. The van der Waals surface area contributed by atoms with E-state index in [9.17, 15) is 4.79 Å². The van der Waals surface area contributed by atoms with Crippen molar-refractivity contribution in [3.63, 3.8) is 0 Å². The summed E-state index contributed by atoms with van der Waals surface area (Å²) in [6.45, 7) is 5.58. The number of carbonyl (C=O) groups excluding carboxylic acids is 1. The van der Waals surface area contributed by atoms with Crippen molar-refractivity contribution in [1.82, 2.24) is 4.98 Å². The molecule has 0 atom stereocenters. The molecule has 0 saturated carbocycles. The topological polar surface area (TPSA) is 50.8 Å². The molecular formula is C18H22N3O2S+. The molecule has 3 rings (SSSR count). The number of likely N-dealkylation sites (N-methyl/N-ethyl adjacent to an activating group) is 1. The highest BCUT2D eigenvalue weighted by Crippen LogP contribution is 2.32. The van der Waals surface area contributed by atoms with E-state index in [0.717, 1.165) is 21.9 Å². The second-order valence-electron chi connectivity index (χ2n) is 6.32. The van der Waals surface area contributed by atoms with Crippen molar-refractivity contribution < 1.29 is 14.1 Å². The summed E-state index contributed by atoms with van der Waals surface area (Å²) in [5.41, 5.74) is 3.32. The number of fused-ring (bicyclic) bond motifs is 1. The lowest BCUT2D eigenvalue weighted by Gasteiger charge is -2.19. The van der Waals surface area contributed by atoms with Crippen LogP contribution < -0.4 is 9.80 Å². The Balaban J connectivity index is 2.01. The average molecular weight is 344 g/mol. The Morgan fingerprint density at radius 1 is 1.33 bits per heavy atom. The first kappa shape index (κ1) is 16.7. The maximum absolute atomic E-state index is 12.8. The van der Waals surface area contributed by atoms with Crippen molar-refractivity contribution in [2.24, 2.45) is 0 Å². The quantitative estimate of drug-likeness (QED) is 0.773. The number of hydrogen-bond donors (Lipinski definition) is 1. The maximum Gasteiger partial charge on any atom is 0.295 e. The standard InChI is InChI=1S/C18H21N3O2S/c1-12-10-13(2)16-14(11-12)19-18(24-16)21(8-7-20(3)4)17(22)15-6-5-9-23-15/h5-6,9-11H,7-8H2,1-4H3/p+1. The van der Waals surface area contributed by atoms with E-state index in [1.165, 1.54) is 22.3 Å². The Labute approximate surface area is 145 Å². The van der Waals surface area contributed by atoms with E-state index in [0.29, 0.717) is 12.3 Å². The van der Waals surface area contributed by atoms with E-state index in [1.54, 1.807) is 28.4 Å². The van der Waals surface area contributed by atoms with Crippen LogP contribution in [-0.4, -0.2) is 38.1 Å². The highest BCUT2D eigenvalue weighted by Gasteiger charge is 2.24. The Morgan fingerprint density at radius 2 is 2.12 bits per heavy atom. The van der Waals surface area contributed by atoms with Crippen LogP contribution in [0.4, 0.5) is 5.13 Å². The molecule has 1 N–H and O–H groups in total. The van der Waals surface area contributed by atoms with Crippen LogP contribution in [0.5, 0.6) is 0 Å². The molecule has 1 aromatic carbocycles. The fourth-order valence-corrected chi connectivity index (χ4v) is 3.67. The highest BCUT2D eigenvalue weighted by molar-refractivity contribution is 7.22. The summed E-state index contributed by atoms with van der Waals surface area (Å²) in [6, 6.07) is 7.64.